The standard InChI is InChI=1S/C13H13ClN2/c14-9-5-4-8-12-10-15-16-13(12)11-6-2-1-3-7-11/h1-4,6-8,10H,5,9H2,(H,15,16). The molecule has 16 heavy (non-hydrogen) atoms. The van der Waals surface area contributed by atoms with Crippen LogP contribution in [0.25, 0.3) is 17.3 Å². The summed E-state index contributed by atoms with van der Waals surface area (Å²) in [6.45, 7) is 0. The molecule has 0 saturated heterocycles. The summed E-state index contributed by atoms with van der Waals surface area (Å²) in [4.78, 5) is 0. The Kier molecular flexibility index (Phi) is 3.78. The van der Waals surface area contributed by atoms with Crippen molar-refractivity contribution in [1.29, 1.82) is 0 Å². The highest BCUT2D eigenvalue weighted by atomic mass is 35.5. The minimum absolute atomic E-state index is 0.648. The number of nitrogens with zero attached hydrogens (tertiary/aromatic N) is 1. The molecule has 2 aromatic rings. The molecule has 1 heterocycles. The monoisotopic (exact) mass is 232 g/mol. The van der Waals surface area contributed by atoms with Crippen LogP contribution in [0.4, 0.5) is 0 Å². The molecule has 2 rings (SSSR count). The van der Waals surface area contributed by atoms with Crippen LogP contribution >= 0.6 is 11.6 Å². The van der Waals surface area contributed by atoms with E-state index in [4.69, 9.17) is 11.6 Å². The number of hydrogen-bond donors (Lipinski definition) is 1. The topological polar surface area (TPSA) is 28.7 Å². The summed E-state index contributed by atoms with van der Waals surface area (Å²) in [6.07, 6.45) is 6.81. The highest BCUT2D eigenvalue weighted by molar-refractivity contribution is 6.17. The van der Waals surface area contributed by atoms with Gasteiger partial charge in [-0.15, -0.1) is 11.6 Å². The van der Waals surface area contributed by atoms with E-state index in [1.165, 1.54) is 0 Å². The maximum atomic E-state index is 5.62. The molecule has 1 aromatic heterocycles. The lowest BCUT2D eigenvalue weighted by Crippen LogP contribution is -1.80. The van der Waals surface area contributed by atoms with Gasteiger partial charge in [-0.1, -0.05) is 42.5 Å². The van der Waals surface area contributed by atoms with Crippen LogP contribution in [0.5, 0.6) is 0 Å². The Morgan fingerprint density at radius 1 is 1.25 bits per heavy atom. The Labute approximate surface area is 100.0 Å². The molecule has 0 saturated carbocycles. The molecule has 0 radical (unpaired) electrons. The van der Waals surface area contributed by atoms with Crippen LogP contribution in [0.15, 0.2) is 42.6 Å². The first kappa shape index (κ1) is 11.0. The van der Waals surface area contributed by atoms with E-state index < -0.39 is 0 Å². The van der Waals surface area contributed by atoms with Gasteiger partial charge in [0.1, 0.15) is 0 Å². The van der Waals surface area contributed by atoms with Gasteiger partial charge in [0.2, 0.25) is 0 Å². The molecule has 0 aliphatic heterocycles. The normalized spacial score (nSPS) is 11.1. The molecule has 3 heteroatoms. The van der Waals surface area contributed by atoms with Gasteiger partial charge in [-0.25, -0.2) is 0 Å². The van der Waals surface area contributed by atoms with Gasteiger partial charge in [0.15, 0.2) is 0 Å². The molecule has 82 valence electrons. The van der Waals surface area contributed by atoms with Crippen LogP contribution in [0.1, 0.15) is 12.0 Å². The van der Waals surface area contributed by atoms with Gasteiger partial charge in [0.05, 0.1) is 11.9 Å². The first-order valence-corrected chi connectivity index (χ1v) is 5.76. The predicted octanol–water partition coefficient (Wildman–Crippen LogP) is 3.72. The highest BCUT2D eigenvalue weighted by Gasteiger charge is 2.03. The molecular weight excluding hydrogens is 220 g/mol. The number of aromatic nitrogens is 2. The van der Waals surface area contributed by atoms with Gasteiger partial charge < -0.3 is 0 Å². The lowest BCUT2D eigenvalue weighted by atomic mass is 10.1. The minimum atomic E-state index is 0.648. The molecule has 0 unspecified atom stereocenters. The third kappa shape index (κ3) is 2.52. The molecule has 0 amide bonds. The lowest BCUT2D eigenvalue weighted by molar-refractivity contribution is 1.10. The van der Waals surface area contributed by atoms with Crippen LogP contribution in [0.3, 0.4) is 0 Å². The number of aromatic amines is 1. The third-order valence-corrected chi connectivity index (χ3v) is 2.52. The number of benzene rings is 1. The Morgan fingerprint density at radius 2 is 2.06 bits per heavy atom. The number of hydrogen-bond acceptors (Lipinski definition) is 1. The van der Waals surface area contributed by atoms with E-state index in [9.17, 15) is 0 Å². The number of allylic oxidation sites excluding steroid dienone is 1. The fourth-order valence-electron chi connectivity index (χ4n) is 1.53. The van der Waals surface area contributed by atoms with Gasteiger partial charge in [-0.2, -0.15) is 5.10 Å². The maximum absolute atomic E-state index is 5.62. The van der Waals surface area contributed by atoms with Crippen molar-refractivity contribution in [1.82, 2.24) is 10.2 Å². The first-order valence-electron chi connectivity index (χ1n) is 5.23. The van der Waals surface area contributed by atoms with Crippen molar-refractivity contribution < 1.29 is 0 Å². The Balaban J connectivity index is 2.26. The van der Waals surface area contributed by atoms with E-state index in [2.05, 4.69) is 28.4 Å². The fraction of sp³-hybridized carbons (Fsp3) is 0.154. The zero-order valence-electron chi connectivity index (χ0n) is 8.86. The van der Waals surface area contributed by atoms with Gasteiger partial charge in [-0.3, -0.25) is 5.10 Å². The molecule has 0 spiro atoms. The van der Waals surface area contributed by atoms with E-state index in [0.717, 1.165) is 23.2 Å². The largest absolute Gasteiger partial charge is 0.277 e. The van der Waals surface area contributed by atoms with Crippen molar-refractivity contribution in [2.24, 2.45) is 0 Å². The second kappa shape index (κ2) is 5.52. The van der Waals surface area contributed by atoms with Gasteiger partial charge in [0.25, 0.3) is 0 Å². The van der Waals surface area contributed by atoms with E-state index in [1.54, 1.807) is 0 Å². The summed E-state index contributed by atoms with van der Waals surface area (Å²) < 4.78 is 0. The van der Waals surface area contributed by atoms with Crippen molar-refractivity contribution in [3.63, 3.8) is 0 Å². The summed E-state index contributed by atoms with van der Waals surface area (Å²) >= 11 is 5.62. The van der Waals surface area contributed by atoms with Crippen molar-refractivity contribution in [2.75, 3.05) is 5.88 Å². The second-order valence-corrected chi connectivity index (χ2v) is 3.82. The second-order valence-electron chi connectivity index (χ2n) is 3.45. The molecule has 0 atom stereocenters. The fourth-order valence-corrected chi connectivity index (χ4v) is 1.66. The molecule has 0 bridgehead atoms. The van der Waals surface area contributed by atoms with Crippen molar-refractivity contribution in [2.45, 2.75) is 6.42 Å². The maximum Gasteiger partial charge on any atom is 0.0722 e. The van der Waals surface area contributed by atoms with Crippen LogP contribution in [0.2, 0.25) is 0 Å². The molecule has 0 fully saturated rings. The van der Waals surface area contributed by atoms with Gasteiger partial charge >= 0.3 is 0 Å². The Hall–Kier alpha value is -1.54. The van der Waals surface area contributed by atoms with Crippen LogP contribution in [0, 0.1) is 0 Å². The summed E-state index contributed by atoms with van der Waals surface area (Å²) in [5, 5.41) is 7.08. The zero-order valence-corrected chi connectivity index (χ0v) is 9.61. The predicted molar refractivity (Wildman–Crippen MR) is 68.4 cm³/mol. The van der Waals surface area contributed by atoms with E-state index in [0.29, 0.717) is 5.88 Å². The summed E-state index contributed by atoms with van der Waals surface area (Å²) in [5.41, 5.74) is 3.29. The zero-order chi connectivity index (χ0) is 11.2. The minimum Gasteiger partial charge on any atom is -0.277 e. The smallest absolute Gasteiger partial charge is 0.0722 e. The molecule has 2 nitrogen and oxygen atoms in total. The van der Waals surface area contributed by atoms with Crippen molar-refractivity contribution >= 4 is 17.7 Å². The van der Waals surface area contributed by atoms with Crippen molar-refractivity contribution in [3.8, 4) is 11.3 Å². The first-order chi connectivity index (χ1) is 7.92. The molecule has 0 aliphatic rings. The summed E-state index contributed by atoms with van der Waals surface area (Å²) in [7, 11) is 0. The van der Waals surface area contributed by atoms with Gasteiger partial charge in [-0.05, 0) is 6.42 Å². The number of alkyl halides is 1. The van der Waals surface area contributed by atoms with Crippen LogP contribution < -0.4 is 0 Å². The summed E-state index contributed by atoms with van der Waals surface area (Å²) in [6, 6.07) is 10.2. The molecule has 1 N–H and O–H groups in total. The van der Waals surface area contributed by atoms with Gasteiger partial charge in [0, 0.05) is 17.0 Å². The average molecular weight is 233 g/mol. The highest BCUT2D eigenvalue weighted by Crippen LogP contribution is 2.21. The lowest BCUT2D eigenvalue weighted by Gasteiger charge is -1.98. The van der Waals surface area contributed by atoms with E-state index in [-0.39, 0.29) is 0 Å². The number of H-pyrrole nitrogens is 1. The van der Waals surface area contributed by atoms with E-state index >= 15 is 0 Å². The van der Waals surface area contributed by atoms with E-state index in [1.807, 2.05) is 30.5 Å². The van der Waals surface area contributed by atoms with Crippen molar-refractivity contribution in [3.05, 3.63) is 48.2 Å². The quantitative estimate of drug-likeness (QED) is 0.800. The average Bonchev–Trinajstić information content (AvgIpc) is 2.79. The number of rotatable bonds is 4. The summed E-state index contributed by atoms with van der Waals surface area (Å²) in [5.74, 6) is 0.648. The van der Waals surface area contributed by atoms with Crippen LogP contribution in [-0.2, 0) is 0 Å². The SMILES string of the molecule is ClCCC=Cc1cn[nH]c1-c1ccccc1. The number of nitrogens with one attached hydrogen (secondary N) is 1. The molecule has 0 aliphatic carbocycles. The van der Waals surface area contributed by atoms with Crippen LogP contribution in [-0.4, -0.2) is 16.1 Å². The number of halogens is 1. The Morgan fingerprint density at radius 3 is 2.81 bits per heavy atom. The third-order valence-electron chi connectivity index (χ3n) is 2.30. The molecular formula is C13H13ClN2. The molecule has 1 aromatic carbocycles. The Bertz CT molecular complexity index is 460.